The molecule has 0 bridgehead atoms. The summed E-state index contributed by atoms with van der Waals surface area (Å²) in [7, 11) is -1.76. The third kappa shape index (κ3) is 2.52. The first kappa shape index (κ1) is 20.6. The normalized spacial score (nSPS) is 23.2. The summed E-state index contributed by atoms with van der Waals surface area (Å²) in [6.07, 6.45) is 0. The van der Waals surface area contributed by atoms with E-state index in [9.17, 15) is 0 Å². The second-order valence-electron chi connectivity index (χ2n) is 7.64. The first-order valence-electron chi connectivity index (χ1n) is 9.07. The number of rotatable bonds is 1. The van der Waals surface area contributed by atoms with Crippen molar-refractivity contribution in [3.8, 4) is 11.1 Å². The Hall–Kier alpha value is -0.630. The van der Waals surface area contributed by atoms with Crippen LogP contribution in [-0.4, -0.2) is 7.38 Å². The predicted octanol–water partition coefficient (Wildman–Crippen LogP) is 0.116. The van der Waals surface area contributed by atoms with Crippen molar-refractivity contribution in [3.63, 3.8) is 0 Å². The molecule has 1 aliphatic heterocycles. The average molecular weight is 518 g/mol. The summed E-state index contributed by atoms with van der Waals surface area (Å²) in [4.78, 5) is 0. The Bertz CT molecular complexity index is 1110. The SMILES string of the molecule is C[Si]1(Cl)C2=C1[CH]([Zr+2])c1cccc(C3c4ccccc4-c4ccccc43)c12.[Cl-].[Cl-]. The van der Waals surface area contributed by atoms with Gasteiger partial charge in [0.25, 0.3) is 0 Å². The molecular weight excluding hydrogens is 502 g/mol. The summed E-state index contributed by atoms with van der Waals surface area (Å²) in [6.45, 7) is 2.31. The van der Waals surface area contributed by atoms with Gasteiger partial charge in [-0.25, -0.2) is 0 Å². The van der Waals surface area contributed by atoms with Crippen molar-refractivity contribution < 1.29 is 49.5 Å². The zero-order valence-corrected chi connectivity index (χ0v) is 20.9. The summed E-state index contributed by atoms with van der Waals surface area (Å²) >= 11 is 8.57. The van der Waals surface area contributed by atoms with E-state index in [0.717, 1.165) is 0 Å². The molecule has 3 aromatic rings. The number of halogens is 3. The van der Waals surface area contributed by atoms with E-state index in [1.54, 1.807) is 35.1 Å². The van der Waals surface area contributed by atoms with Crippen LogP contribution in [0.2, 0.25) is 6.55 Å². The third-order valence-electron chi connectivity index (χ3n) is 6.31. The van der Waals surface area contributed by atoms with Gasteiger partial charge in [-0.1, -0.05) is 0 Å². The van der Waals surface area contributed by atoms with Crippen LogP contribution in [0.5, 0.6) is 0 Å². The van der Waals surface area contributed by atoms with Gasteiger partial charge in [-0.05, 0) is 0 Å². The number of hydrogen-bond donors (Lipinski definition) is 0. The standard InChI is InChI=1S/C23H16ClSi.2ClH.Zr/c1-25(24)20-13-14-7-6-12-19(21(14)23(20)25)22-17-10-4-2-8-15(17)16-9-3-5-11-18(16)22;;;/h2-13,22H,1H3;2*1H;/q;;;+2/p-2. The van der Waals surface area contributed by atoms with Crippen molar-refractivity contribution in [2.75, 3.05) is 0 Å². The molecule has 5 heteroatoms. The molecule has 28 heavy (non-hydrogen) atoms. The van der Waals surface area contributed by atoms with E-state index in [-0.39, 0.29) is 24.8 Å². The Morgan fingerprint density at radius 2 is 1.25 bits per heavy atom. The minimum atomic E-state index is -1.76. The van der Waals surface area contributed by atoms with Crippen LogP contribution in [0.1, 0.15) is 37.4 Å². The Labute approximate surface area is 198 Å². The maximum Gasteiger partial charge on any atom is -1.00 e. The second kappa shape index (κ2) is 6.96. The van der Waals surface area contributed by atoms with Crippen LogP contribution in [-0.2, 0) is 24.7 Å². The molecule has 0 N–H and O–H groups in total. The largest absolute Gasteiger partial charge is 1.00 e. The van der Waals surface area contributed by atoms with Gasteiger partial charge in [-0.15, -0.1) is 0 Å². The Morgan fingerprint density at radius 1 is 0.750 bits per heavy atom. The first-order chi connectivity index (χ1) is 12.6. The molecule has 0 aromatic heterocycles. The molecule has 137 valence electrons. The second-order valence-corrected chi connectivity index (χ2v) is 14.4. The summed E-state index contributed by atoms with van der Waals surface area (Å²) in [5.41, 5.74) is 10.2. The molecule has 6 rings (SSSR count). The van der Waals surface area contributed by atoms with Gasteiger partial charge < -0.3 is 24.8 Å². The number of allylic oxidation sites excluding steroid dienone is 1. The summed E-state index contributed by atoms with van der Waals surface area (Å²) in [5, 5.41) is 3.16. The van der Waals surface area contributed by atoms with Crippen molar-refractivity contribution in [2.45, 2.75) is 16.1 Å². The minimum Gasteiger partial charge on any atom is -1.00 e. The number of benzene rings is 3. The quantitative estimate of drug-likeness (QED) is 0.248. The molecule has 2 unspecified atom stereocenters. The van der Waals surface area contributed by atoms with Crippen LogP contribution >= 0.6 is 11.1 Å². The molecule has 0 amide bonds. The average Bonchev–Trinajstić information content (AvgIpc) is 2.94. The fourth-order valence-electron chi connectivity index (χ4n) is 5.16. The fourth-order valence-corrected chi connectivity index (χ4v) is 13.6. The van der Waals surface area contributed by atoms with Gasteiger partial charge in [0, 0.05) is 0 Å². The van der Waals surface area contributed by atoms with Crippen molar-refractivity contribution in [2.24, 2.45) is 0 Å². The zero-order chi connectivity index (χ0) is 17.6. The van der Waals surface area contributed by atoms with Gasteiger partial charge in [0.15, 0.2) is 0 Å². The van der Waals surface area contributed by atoms with E-state index < -0.39 is 7.38 Å². The molecule has 0 spiro atoms. The van der Waals surface area contributed by atoms with Crippen LogP contribution in [0.25, 0.3) is 16.3 Å². The maximum absolute atomic E-state index is 6.99. The van der Waals surface area contributed by atoms with Gasteiger partial charge in [0.05, 0.1) is 0 Å². The molecule has 0 saturated carbocycles. The van der Waals surface area contributed by atoms with E-state index in [2.05, 4.69) is 73.3 Å². The molecule has 1 heterocycles. The molecule has 2 atom stereocenters. The van der Waals surface area contributed by atoms with Gasteiger partial charge in [-0.2, -0.15) is 0 Å². The Morgan fingerprint density at radius 3 is 1.86 bits per heavy atom. The molecule has 0 nitrogen and oxygen atoms in total. The van der Waals surface area contributed by atoms with E-state index in [1.807, 2.05) is 0 Å². The maximum atomic E-state index is 6.99. The van der Waals surface area contributed by atoms with Gasteiger partial charge in [-0.3, -0.25) is 0 Å². The van der Waals surface area contributed by atoms with Crippen LogP contribution in [0.3, 0.4) is 0 Å². The molecular formula is C23H16Cl3SiZr. The van der Waals surface area contributed by atoms with Crippen LogP contribution in [0, 0.1) is 0 Å². The van der Waals surface area contributed by atoms with Gasteiger partial charge in [0.2, 0.25) is 0 Å². The molecule has 0 fully saturated rings. The van der Waals surface area contributed by atoms with Crippen molar-refractivity contribution in [1.29, 1.82) is 0 Å². The van der Waals surface area contributed by atoms with E-state index >= 15 is 0 Å². The van der Waals surface area contributed by atoms with E-state index in [0.29, 0.717) is 9.54 Å². The minimum absolute atomic E-state index is 0. The monoisotopic (exact) mass is 515 g/mol. The molecule has 3 aliphatic rings. The van der Waals surface area contributed by atoms with Crippen LogP contribution in [0.15, 0.2) is 71.9 Å². The zero-order valence-electron chi connectivity index (χ0n) is 15.1. The fraction of sp³-hybridized carbons (Fsp3) is 0.130. The smallest absolute Gasteiger partial charge is 1.00 e. The van der Waals surface area contributed by atoms with Gasteiger partial charge >= 0.3 is 175 Å². The van der Waals surface area contributed by atoms with Crippen molar-refractivity contribution >= 4 is 23.7 Å². The van der Waals surface area contributed by atoms with E-state index in [1.165, 1.54) is 38.9 Å². The summed E-state index contributed by atoms with van der Waals surface area (Å²) in [5.74, 6) is 0.328. The topological polar surface area (TPSA) is 0 Å². The number of hydrogen-bond acceptors (Lipinski definition) is 0. The first-order valence-corrected chi connectivity index (χ1v) is 14.0. The Kier molecular flexibility index (Phi) is 5.13. The Balaban J connectivity index is 0.000000961. The van der Waals surface area contributed by atoms with E-state index in [4.69, 9.17) is 11.1 Å². The predicted molar refractivity (Wildman–Crippen MR) is 106 cm³/mol. The third-order valence-corrected chi connectivity index (χ3v) is 12.4. The van der Waals surface area contributed by atoms with Crippen LogP contribution < -0.4 is 24.8 Å². The molecule has 2 aliphatic carbocycles. The summed E-state index contributed by atoms with van der Waals surface area (Å²) in [6, 6.07) is 24.8. The van der Waals surface area contributed by atoms with Crippen molar-refractivity contribution in [3.05, 3.63) is 99.7 Å². The van der Waals surface area contributed by atoms with Crippen molar-refractivity contribution in [1.82, 2.24) is 0 Å². The summed E-state index contributed by atoms with van der Waals surface area (Å²) < 4.78 is 0.591. The number of fused-ring (bicyclic) bond motifs is 5. The van der Waals surface area contributed by atoms with Crippen LogP contribution in [0.4, 0.5) is 0 Å². The van der Waals surface area contributed by atoms with Gasteiger partial charge in [0.1, 0.15) is 0 Å². The molecule has 0 saturated heterocycles. The molecule has 3 aromatic carbocycles. The molecule has 0 radical (unpaired) electrons.